The molecular weight excluding hydrogens is 436 g/mol. The van der Waals surface area contributed by atoms with Crippen molar-refractivity contribution in [1.82, 2.24) is 34.9 Å². The molecule has 35 heavy (non-hydrogen) atoms. The first-order valence-electron chi connectivity index (χ1n) is 12.0. The van der Waals surface area contributed by atoms with E-state index in [1.807, 2.05) is 24.8 Å². The Labute approximate surface area is 204 Å². The molecule has 8 heteroatoms. The van der Waals surface area contributed by atoms with Gasteiger partial charge < -0.3 is 19.7 Å². The van der Waals surface area contributed by atoms with E-state index in [4.69, 9.17) is 0 Å². The maximum Gasteiger partial charge on any atom is 0.116 e. The summed E-state index contributed by atoms with van der Waals surface area (Å²) in [6.45, 7) is 5.00. The van der Waals surface area contributed by atoms with Gasteiger partial charge in [-0.1, -0.05) is 6.07 Å². The fourth-order valence-electron chi connectivity index (χ4n) is 4.96. The zero-order valence-electron chi connectivity index (χ0n) is 20.4. The Morgan fingerprint density at radius 1 is 0.857 bits per heavy atom. The number of fused-ring (bicyclic) bond motifs is 2. The van der Waals surface area contributed by atoms with E-state index in [9.17, 15) is 0 Å². The van der Waals surface area contributed by atoms with Crippen LogP contribution >= 0.6 is 0 Å². The van der Waals surface area contributed by atoms with Crippen molar-refractivity contribution in [1.29, 1.82) is 0 Å². The fraction of sp³-hybridized carbons (Fsp3) is 0.296. The Morgan fingerprint density at radius 3 is 2.51 bits per heavy atom. The number of nitrogens with one attached hydrogen (secondary N) is 2. The quantitative estimate of drug-likeness (QED) is 0.408. The molecule has 0 atom stereocenters. The second-order valence-corrected chi connectivity index (χ2v) is 9.75. The maximum atomic E-state index is 4.69. The molecule has 4 aromatic heterocycles. The summed E-state index contributed by atoms with van der Waals surface area (Å²) in [5.41, 5.74) is 8.57. The van der Waals surface area contributed by atoms with E-state index in [-0.39, 0.29) is 0 Å². The summed E-state index contributed by atoms with van der Waals surface area (Å²) in [5, 5.41) is 10.2. The smallest absolute Gasteiger partial charge is 0.116 e. The van der Waals surface area contributed by atoms with Gasteiger partial charge in [-0.3, -0.25) is 15.1 Å². The van der Waals surface area contributed by atoms with Crippen LogP contribution in [0.5, 0.6) is 0 Å². The molecule has 0 radical (unpaired) electrons. The molecule has 2 N–H and O–H groups in total. The number of rotatable bonds is 5. The second-order valence-electron chi connectivity index (χ2n) is 9.75. The van der Waals surface area contributed by atoms with E-state index in [0.29, 0.717) is 0 Å². The lowest BCUT2D eigenvalue weighted by Crippen LogP contribution is -2.44. The van der Waals surface area contributed by atoms with Crippen LogP contribution < -0.4 is 4.90 Å². The van der Waals surface area contributed by atoms with Gasteiger partial charge in [0.1, 0.15) is 5.69 Å². The molecule has 0 unspecified atom stereocenters. The lowest BCUT2D eigenvalue weighted by Gasteiger charge is -2.34. The molecule has 5 aromatic rings. The summed E-state index contributed by atoms with van der Waals surface area (Å²) in [6, 6.07) is 10.9. The standard InChI is InChI=1S/C27H30N8/c1-33(2)17-18-10-20(14-28-13-18)19-4-5-23-22(11-19)27(32-31-23)24-12-21-25(30-24)15-29-16-26(21)35-8-6-34(3)7-9-35/h4-5,10-16,30H,6-9,17H2,1-3H3,(H,31,32). The van der Waals surface area contributed by atoms with Gasteiger partial charge in [-0.15, -0.1) is 0 Å². The van der Waals surface area contributed by atoms with Gasteiger partial charge in [0.15, 0.2) is 0 Å². The van der Waals surface area contributed by atoms with Crippen LogP contribution in [-0.4, -0.2) is 82.3 Å². The van der Waals surface area contributed by atoms with Gasteiger partial charge in [-0.2, -0.15) is 5.10 Å². The summed E-state index contributed by atoms with van der Waals surface area (Å²) < 4.78 is 0. The molecule has 178 valence electrons. The fourth-order valence-corrected chi connectivity index (χ4v) is 4.96. The minimum atomic E-state index is 0.860. The van der Waals surface area contributed by atoms with Crippen molar-refractivity contribution in [3.63, 3.8) is 0 Å². The molecule has 6 rings (SSSR count). The minimum Gasteiger partial charge on any atom is -0.367 e. The number of H-pyrrole nitrogens is 2. The Bertz CT molecular complexity index is 1490. The molecule has 0 saturated carbocycles. The molecule has 1 aliphatic heterocycles. The highest BCUT2D eigenvalue weighted by atomic mass is 15.3. The number of likely N-dealkylation sites (N-methyl/N-ethyl adjacent to an activating group) is 1. The van der Waals surface area contributed by atoms with Crippen LogP contribution in [0.15, 0.2) is 55.1 Å². The first-order chi connectivity index (χ1) is 17.0. The molecule has 0 amide bonds. The van der Waals surface area contributed by atoms with Crippen LogP contribution in [0, 0.1) is 0 Å². The van der Waals surface area contributed by atoms with Gasteiger partial charge >= 0.3 is 0 Å². The summed E-state index contributed by atoms with van der Waals surface area (Å²) in [5.74, 6) is 0. The van der Waals surface area contributed by atoms with E-state index >= 15 is 0 Å². The molecule has 5 heterocycles. The van der Waals surface area contributed by atoms with Crippen molar-refractivity contribution in [3.8, 4) is 22.5 Å². The minimum absolute atomic E-state index is 0.860. The predicted molar refractivity (Wildman–Crippen MR) is 142 cm³/mol. The van der Waals surface area contributed by atoms with Crippen molar-refractivity contribution in [2.75, 3.05) is 52.2 Å². The van der Waals surface area contributed by atoms with Gasteiger partial charge in [-0.05, 0) is 56.5 Å². The Morgan fingerprint density at radius 2 is 1.69 bits per heavy atom. The molecule has 1 fully saturated rings. The van der Waals surface area contributed by atoms with Crippen molar-refractivity contribution >= 4 is 27.5 Å². The van der Waals surface area contributed by atoms with Crippen molar-refractivity contribution < 1.29 is 0 Å². The van der Waals surface area contributed by atoms with Crippen LogP contribution in [0.4, 0.5) is 5.69 Å². The molecule has 1 aliphatic rings. The number of aromatic amines is 2. The Balaban J connectivity index is 1.39. The Hall–Kier alpha value is -3.75. The largest absolute Gasteiger partial charge is 0.367 e. The predicted octanol–water partition coefficient (Wildman–Crippen LogP) is 3.98. The van der Waals surface area contributed by atoms with Gasteiger partial charge in [0.05, 0.1) is 34.8 Å². The number of benzene rings is 1. The number of nitrogens with zero attached hydrogens (tertiary/aromatic N) is 6. The molecule has 1 aromatic carbocycles. The Kier molecular flexibility index (Phi) is 5.47. The number of pyridine rings is 2. The van der Waals surface area contributed by atoms with E-state index in [2.05, 4.69) is 91.3 Å². The third-order valence-electron chi connectivity index (χ3n) is 6.81. The summed E-state index contributed by atoms with van der Waals surface area (Å²) in [4.78, 5) is 19.5. The van der Waals surface area contributed by atoms with E-state index in [1.54, 1.807) is 0 Å². The van der Waals surface area contributed by atoms with Crippen molar-refractivity contribution in [2.45, 2.75) is 6.54 Å². The lowest BCUT2D eigenvalue weighted by molar-refractivity contribution is 0.313. The van der Waals surface area contributed by atoms with Crippen LogP contribution in [0.2, 0.25) is 0 Å². The highest BCUT2D eigenvalue weighted by molar-refractivity contribution is 6.00. The second kappa shape index (κ2) is 8.79. The van der Waals surface area contributed by atoms with Gasteiger partial charge in [0, 0.05) is 61.5 Å². The van der Waals surface area contributed by atoms with Crippen LogP contribution in [0.3, 0.4) is 0 Å². The summed E-state index contributed by atoms with van der Waals surface area (Å²) >= 11 is 0. The highest BCUT2D eigenvalue weighted by Gasteiger charge is 2.19. The number of anilines is 1. The molecule has 0 bridgehead atoms. The van der Waals surface area contributed by atoms with E-state index in [1.165, 1.54) is 16.6 Å². The SMILES string of the molecule is CN(C)Cc1cncc(-c2ccc3[nH]nc(-c4cc5c(N6CCN(C)CC6)cncc5[nH]4)c3c2)c1. The lowest BCUT2D eigenvalue weighted by atomic mass is 10.0. The van der Waals surface area contributed by atoms with Crippen LogP contribution in [0.1, 0.15) is 5.56 Å². The molecule has 0 spiro atoms. The molecule has 1 saturated heterocycles. The van der Waals surface area contributed by atoms with Crippen LogP contribution in [0.25, 0.3) is 44.3 Å². The molecule has 8 nitrogen and oxygen atoms in total. The van der Waals surface area contributed by atoms with Gasteiger partial charge in [0.2, 0.25) is 0 Å². The zero-order chi connectivity index (χ0) is 23.9. The first kappa shape index (κ1) is 21.8. The maximum absolute atomic E-state index is 4.69. The first-order valence-corrected chi connectivity index (χ1v) is 12.0. The normalized spacial score (nSPS) is 15.0. The topological polar surface area (TPSA) is 80.0 Å². The van der Waals surface area contributed by atoms with Crippen molar-refractivity contribution in [3.05, 3.63) is 60.7 Å². The van der Waals surface area contributed by atoms with E-state index < -0.39 is 0 Å². The third kappa shape index (κ3) is 4.15. The monoisotopic (exact) mass is 466 g/mol. The highest BCUT2D eigenvalue weighted by Crippen LogP contribution is 2.34. The van der Waals surface area contributed by atoms with Crippen LogP contribution in [-0.2, 0) is 6.54 Å². The van der Waals surface area contributed by atoms with Gasteiger partial charge in [-0.25, -0.2) is 0 Å². The van der Waals surface area contributed by atoms with Gasteiger partial charge in [0.25, 0.3) is 0 Å². The number of hydrogen-bond acceptors (Lipinski definition) is 6. The molecular formula is C27H30N8. The summed E-state index contributed by atoms with van der Waals surface area (Å²) in [7, 11) is 6.32. The zero-order valence-corrected chi connectivity index (χ0v) is 20.4. The number of piperazine rings is 1. The molecule has 0 aliphatic carbocycles. The summed E-state index contributed by atoms with van der Waals surface area (Å²) in [6.07, 6.45) is 7.75. The number of hydrogen-bond donors (Lipinski definition) is 2. The average Bonchev–Trinajstić information content (AvgIpc) is 3.48. The number of aromatic nitrogens is 5. The third-order valence-corrected chi connectivity index (χ3v) is 6.81. The van der Waals surface area contributed by atoms with Crippen molar-refractivity contribution in [2.24, 2.45) is 0 Å². The van der Waals surface area contributed by atoms with E-state index in [0.717, 1.165) is 71.7 Å². The average molecular weight is 467 g/mol.